The smallest absolute Gasteiger partial charge is 0.741 e. The van der Waals surface area contributed by atoms with E-state index in [1.165, 1.54) is 0 Å². The molecule has 1 fully saturated rings. The fourth-order valence-corrected chi connectivity index (χ4v) is 2.39. The van der Waals surface area contributed by atoms with Gasteiger partial charge in [-0.3, -0.25) is 5.32 Å². The van der Waals surface area contributed by atoms with Gasteiger partial charge in [0.2, 0.25) is 0 Å². The van der Waals surface area contributed by atoms with Crippen LogP contribution >= 0.6 is 0 Å². The summed E-state index contributed by atoms with van der Waals surface area (Å²) in [6.07, 6.45) is 5.48. The fraction of sp³-hybridized carbons (Fsp3) is 0.818. The zero-order chi connectivity index (χ0) is 22.1. The summed E-state index contributed by atoms with van der Waals surface area (Å²) in [5, 5.41) is 12.6. The van der Waals surface area contributed by atoms with Crippen LogP contribution in [0.4, 0.5) is 26.3 Å². The van der Waals surface area contributed by atoms with E-state index in [2.05, 4.69) is 31.3 Å². The van der Waals surface area contributed by atoms with Crippen molar-refractivity contribution in [3.63, 3.8) is 0 Å². The Hall–Kier alpha value is -0.504. The van der Waals surface area contributed by atoms with Crippen LogP contribution in [-0.2, 0) is 40.0 Å². The van der Waals surface area contributed by atoms with Crippen LogP contribution in [0.2, 0.25) is 0 Å². The Morgan fingerprint density at radius 3 is 1.24 bits per heavy atom. The molecule has 1 saturated heterocycles. The maximum absolute atomic E-state index is 10.7. The number of alkyl halides is 6. The molecule has 0 aliphatic carbocycles. The van der Waals surface area contributed by atoms with Crippen molar-refractivity contribution >= 4 is 20.2 Å². The second kappa shape index (κ2) is 15.5. The van der Waals surface area contributed by atoms with Gasteiger partial charge < -0.3 is 45.0 Å². The zero-order valence-corrected chi connectivity index (χ0v) is 21.7. The molecule has 2 bridgehead atoms. The van der Waals surface area contributed by atoms with Crippen molar-refractivity contribution in [3.8, 4) is 0 Å². The Morgan fingerprint density at radius 2 is 1.15 bits per heavy atom. The maximum Gasteiger partial charge on any atom is 2.00 e. The summed E-state index contributed by atoms with van der Waals surface area (Å²) in [6.45, 7) is 4.64. The number of nitrogens with one attached hydrogen (secondary N) is 1. The van der Waals surface area contributed by atoms with E-state index in [0.717, 1.165) is 6.42 Å². The molecule has 33 heavy (non-hydrogen) atoms. The third-order valence-corrected chi connectivity index (χ3v) is 4.79. The van der Waals surface area contributed by atoms with Gasteiger partial charge in [-0.1, -0.05) is 12.2 Å². The molecular formula is C11H30F6N6O7OsS2. The van der Waals surface area contributed by atoms with Crippen molar-refractivity contribution in [2.24, 2.45) is 5.92 Å². The number of rotatable bonds is 1. The van der Waals surface area contributed by atoms with Crippen LogP contribution in [0.3, 0.4) is 0 Å². The third kappa shape index (κ3) is 14.5. The Morgan fingerprint density at radius 1 is 0.879 bits per heavy atom. The molecule has 3 atom stereocenters. The van der Waals surface area contributed by atoms with E-state index < -0.39 is 31.3 Å². The summed E-state index contributed by atoms with van der Waals surface area (Å²) in [4.78, 5) is 0. The van der Waals surface area contributed by atoms with Crippen LogP contribution in [0, 0.1) is 5.92 Å². The summed E-state index contributed by atoms with van der Waals surface area (Å²) in [6, 6.07) is 0. The molecule has 2 heterocycles. The minimum Gasteiger partial charge on any atom is -0.741 e. The van der Waals surface area contributed by atoms with E-state index in [4.69, 9.17) is 31.0 Å². The van der Waals surface area contributed by atoms with Gasteiger partial charge in [0.15, 0.2) is 20.2 Å². The molecule has 3 unspecified atom stereocenters. The van der Waals surface area contributed by atoms with Gasteiger partial charge in [0.1, 0.15) is 0 Å². The first-order valence-electron chi connectivity index (χ1n) is 6.73. The summed E-state index contributed by atoms with van der Waals surface area (Å²) in [5.74, 6) is 0.400. The SMILES string of the molecule is CC12C=CC(C)(N1)C(CO)C2.N.N.N.N.N.O=S(=O)([O-])C(F)(F)F.O=S(=O)([O-])C(F)(F)F.[Os+2]. The molecule has 0 amide bonds. The van der Waals surface area contributed by atoms with Gasteiger partial charge in [0.05, 0.1) is 0 Å². The van der Waals surface area contributed by atoms with Gasteiger partial charge in [-0.15, -0.1) is 0 Å². The summed E-state index contributed by atoms with van der Waals surface area (Å²) in [5.41, 5.74) is -11.1. The first-order valence-corrected chi connectivity index (χ1v) is 9.54. The van der Waals surface area contributed by atoms with Crippen molar-refractivity contribution in [1.82, 2.24) is 36.1 Å². The molecule has 0 aromatic heterocycles. The maximum atomic E-state index is 10.7. The van der Waals surface area contributed by atoms with Crippen LogP contribution < -0.4 is 36.1 Å². The van der Waals surface area contributed by atoms with Gasteiger partial charge in [0, 0.05) is 23.6 Å². The topological polar surface area (TPSA) is 322 Å². The van der Waals surface area contributed by atoms with E-state index in [1.807, 2.05) is 0 Å². The number of aliphatic hydroxyl groups excluding tert-OH is 1. The van der Waals surface area contributed by atoms with Crippen LogP contribution in [0.15, 0.2) is 12.2 Å². The van der Waals surface area contributed by atoms with Gasteiger partial charge in [-0.05, 0) is 20.3 Å². The molecule has 0 spiro atoms. The number of hydrogen-bond acceptors (Lipinski definition) is 13. The van der Waals surface area contributed by atoms with Crippen LogP contribution in [-0.4, -0.2) is 59.7 Å². The molecule has 0 aromatic rings. The van der Waals surface area contributed by atoms with Crippen molar-refractivity contribution in [2.75, 3.05) is 6.61 Å². The predicted octanol–water partition coefficient (Wildman–Crippen LogP) is 1.59. The van der Waals surface area contributed by atoms with Gasteiger partial charge in [0.25, 0.3) is 0 Å². The van der Waals surface area contributed by atoms with E-state index in [0.29, 0.717) is 12.5 Å². The molecule has 2 aliphatic heterocycles. The van der Waals surface area contributed by atoms with Crippen LogP contribution in [0.1, 0.15) is 20.3 Å². The normalized spacial score (nSPS) is 24.8. The molecule has 22 heteroatoms. The standard InChI is InChI=1S/C9H15NO.2CHF3O3S.5H3N.Os/c1-8-3-4-9(2,10-8)7(5-8)6-11;2*2-1(3,4)8(5,6)7;;;;;;/h3-4,7,10-11H,5-6H2,1-2H3;2*(H,5,6,7);5*1H3;/q;;;;;;;;+2/p-2. The average Bonchev–Trinajstić information content (AvgIpc) is 2.83. The second-order valence-corrected chi connectivity index (χ2v) is 8.78. The summed E-state index contributed by atoms with van der Waals surface area (Å²) in [7, 11) is -12.2. The quantitative estimate of drug-likeness (QED) is 0.0875. The molecule has 17 N–H and O–H groups in total. The van der Waals surface area contributed by atoms with Crippen molar-refractivity contribution < 1.29 is 77.2 Å². The van der Waals surface area contributed by atoms with Crippen LogP contribution in [0.5, 0.6) is 0 Å². The van der Waals surface area contributed by atoms with Crippen molar-refractivity contribution in [3.05, 3.63) is 12.2 Å². The van der Waals surface area contributed by atoms with Gasteiger partial charge in [-0.2, -0.15) is 26.3 Å². The molecule has 0 radical (unpaired) electrons. The first-order chi connectivity index (χ1) is 11.6. The third-order valence-electron chi connectivity index (χ3n) is 3.66. The molecule has 0 saturated carbocycles. The molecule has 208 valence electrons. The van der Waals surface area contributed by atoms with E-state index in [1.54, 1.807) is 0 Å². The predicted molar refractivity (Wildman–Crippen MR) is 101 cm³/mol. The van der Waals surface area contributed by atoms with Gasteiger partial charge >= 0.3 is 30.8 Å². The number of hydrogen-bond donors (Lipinski definition) is 7. The monoisotopic (exact) mass is 728 g/mol. The number of fused-ring (bicyclic) bond motifs is 2. The van der Waals surface area contributed by atoms with E-state index >= 15 is 0 Å². The zero-order valence-electron chi connectivity index (χ0n) is 17.5. The Bertz CT molecular complexity index is 742. The Kier molecular flexibility index (Phi) is 23.3. The molecule has 2 aliphatic rings. The molecule has 0 aromatic carbocycles. The second-order valence-electron chi connectivity index (χ2n) is 6.04. The fourth-order valence-electron chi connectivity index (χ4n) is 2.39. The molecular weight excluding hydrogens is 697 g/mol. The Labute approximate surface area is 200 Å². The minimum atomic E-state index is -6.09. The molecule has 2 rings (SSSR count). The summed E-state index contributed by atoms with van der Waals surface area (Å²) >= 11 is 0. The van der Waals surface area contributed by atoms with Gasteiger partial charge in [-0.25, -0.2) is 16.8 Å². The van der Waals surface area contributed by atoms with E-state index in [-0.39, 0.29) is 61.6 Å². The largest absolute Gasteiger partial charge is 2.00 e. The minimum absolute atomic E-state index is 0. The average molecular weight is 727 g/mol. The van der Waals surface area contributed by atoms with Crippen molar-refractivity contribution in [1.29, 1.82) is 0 Å². The van der Waals surface area contributed by atoms with E-state index in [9.17, 15) is 26.3 Å². The number of halogens is 6. The first kappa shape index (κ1) is 49.6. The van der Waals surface area contributed by atoms with Crippen LogP contribution in [0.25, 0.3) is 0 Å². The summed E-state index contributed by atoms with van der Waals surface area (Å²) < 4.78 is 118. The van der Waals surface area contributed by atoms with Crippen molar-refractivity contribution in [2.45, 2.75) is 42.4 Å². The molecule has 13 nitrogen and oxygen atoms in total. The number of aliphatic hydroxyl groups is 1. The Balaban J connectivity index is -0.0000000575.